The van der Waals surface area contributed by atoms with Crippen LogP contribution in [0.2, 0.25) is 0 Å². The molecular formula is C6H11Br. The van der Waals surface area contributed by atoms with Gasteiger partial charge in [-0.2, -0.15) is 0 Å². The summed E-state index contributed by atoms with van der Waals surface area (Å²) in [5.41, 5.74) is 0. The van der Waals surface area contributed by atoms with Crippen LogP contribution in [0.5, 0.6) is 0 Å². The van der Waals surface area contributed by atoms with Crippen molar-refractivity contribution in [2.45, 2.75) is 31.0 Å². The second-order valence-corrected chi connectivity index (χ2v) is 3.81. The summed E-state index contributed by atoms with van der Waals surface area (Å²) in [5, 5.41) is 0. The molecule has 0 aromatic carbocycles. The van der Waals surface area contributed by atoms with E-state index in [1.54, 1.807) is 0 Å². The minimum Gasteiger partial charge on any atom is -0.0891 e. The van der Waals surface area contributed by atoms with E-state index in [1.807, 2.05) is 0 Å². The SMILES string of the molecule is CC(Br)C1CCC1. The maximum Gasteiger partial charge on any atom is 0.0145 e. The minimum absolute atomic E-state index is 0.765. The van der Waals surface area contributed by atoms with Gasteiger partial charge in [-0.15, -0.1) is 0 Å². The summed E-state index contributed by atoms with van der Waals surface area (Å²) >= 11 is 3.55. The van der Waals surface area contributed by atoms with Gasteiger partial charge in [-0.05, 0) is 18.8 Å². The van der Waals surface area contributed by atoms with E-state index in [9.17, 15) is 0 Å². The predicted octanol–water partition coefficient (Wildman–Crippen LogP) is 2.57. The molecule has 0 aliphatic heterocycles. The van der Waals surface area contributed by atoms with E-state index in [1.165, 1.54) is 19.3 Å². The van der Waals surface area contributed by atoms with Crippen LogP contribution in [0.15, 0.2) is 0 Å². The van der Waals surface area contributed by atoms with Crippen LogP contribution < -0.4 is 0 Å². The molecule has 1 aliphatic carbocycles. The standard InChI is InChI=1S/C6H11Br/c1-5(7)6-3-2-4-6/h5-6H,2-4H2,1H3. The highest BCUT2D eigenvalue weighted by atomic mass is 79.9. The molecule has 1 saturated carbocycles. The predicted molar refractivity (Wildman–Crippen MR) is 35.7 cm³/mol. The van der Waals surface area contributed by atoms with E-state index in [-0.39, 0.29) is 0 Å². The first kappa shape index (κ1) is 5.61. The third kappa shape index (κ3) is 1.18. The van der Waals surface area contributed by atoms with Crippen molar-refractivity contribution < 1.29 is 0 Å². The second kappa shape index (κ2) is 2.17. The lowest BCUT2D eigenvalue weighted by atomic mass is 9.84. The normalized spacial score (nSPS) is 26.6. The lowest BCUT2D eigenvalue weighted by molar-refractivity contribution is 0.318. The van der Waals surface area contributed by atoms with Gasteiger partial charge in [0.25, 0.3) is 0 Å². The Morgan fingerprint density at radius 3 is 2.14 bits per heavy atom. The van der Waals surface area contributed by atoms with Crippen molar-refractivity contribution in [1.29, 1.82) is 0 Å². The van der Waals surface area contributed by atoms with E-state index in [0.717, 1.165) is 10.7 Å². The van der Waals surface area contributed by atoms with Crippen LogP contribution in [-0.2, 0) is 0 Å². The molecule has 42 valence electrons. The van der Waals surface area contributed by atoms with Gasteiger partial charge in [0.1, 0.15) is 0 Å². The first-order valence-corrected chi connectivity index (χ1v) is 3.86. The van der Waals surface area contributed by atoms with Crippen LogP contribution in [0.25, 0.3) is 0 Å². The Labute approximate surface area is 53.4 Å². The number of alkyl halides is 1. The molecule has 1 rings (SSSR count). The summed E-state index contributed by atoms with van der Waals surface area (Å²) in [6, 6.07) is 0. The minimum atomic E-state index is 0.765. The van der Waals surface area contributed by atoms with Gasteiger partial charge in [0, 0.05) is 4.83 Å². The van der Waals surface area contributed by atoms with Gasteiger partial charge in [-0.3, -0.25) is 0 Å². The number of halogens is 1. The highest BCUT2D eigenvalue weighted by molar-refractivity contribution is 9.09. The molecule has 0 heterocycles. The summed E-state index contributed by atoms with van der Waals surface area (Å²) < 4.78 is 0. The molecule has 0 saturated heterocycles. The summed E-state index contributed by atoms with van der Waals surface area (Å²) in [7, 11) is 0. The highest BCUT2D eigenvalue weighted by Gasteiger charge is 2.20. The molecule has 1 heteroatoms. The van der Waals surface area contributed by atoms with Gasteiger partial charge in [-0.25, -0.2) is 0 Å². The van der Waals surface area contributed by atoms with Crippen molar-refractivity contribution in [1.82, 2.24) is 0 Å². The highest BCUT2D eigenvalue weighted by Crippen LogP contribution is 2.32. The van der Waals surface area contributed by atoms with E-state index in [0.29, 0.717) is 0 Å². The van der Waals surface area contributed by atoms with Gasteiger partial charge < -0.3 is 0 Å². The second-order valence-electron chi connectivity index (χ2n) is 2.37. The van der Waals surface area contributed by atoms with Crippen LogP contribution in [0.4, 0.5) is 0 Å². The lowest BCUT2D eigenvalue weighted by Crippen LogP contribution is -2.18. The maximum atomic E-state index is 3.55. The Bertz CT molecular complexity index is 55.2. The third-order valence-electron chi connectivity index (χ3n) is 1.80. The zero-order chi connectivity index (χ0) is 5.28. The molecule has 0 nitrogen and oxygen atoms in total. The van der Waals surface area contributed by atoms with E-state index in [4.69, 9.17) is 0 Å². The Kier molecular flexibility index (Phi) is 1.74. The molecule has 0 bridgehead atoms. The van der Waals surface area contributed by atoms with Crippen LogP contribution in [0.3, 0.4) is 0 Å². The fourth-order valence-corrected chi connectivity index (χ4v) is 1.43. The third-order valence-corrected chi connectivity index (χ3v) is 2.55. The monoisotopic (exact) mass is 162 g/mol. The summed E-state index contributed by atoms with van der Waals surface area (Å²) in [6.45, 7) is 2.24. The average Bonchev–Trinajstić information content (AvgIpc) is 1.23. The van der Waals surface area contributed by atoms with Crippen molar-refractivity contribution in [3.05, 3.63) is 0 Å². The summed E-state index contributed by atoms with van der Waals surface area (Å²) in [6.07, 6.45) is 4.36. The molecule has 1 aliphatic rings. The Morgan fingerprint density at radius 1 is 1.57 bits per heavy atom. The molecule has 1 unspecified atom stereocenters. The number of hydrogen-bond acceptors (Lipinski definition) is 0. The van der Waals surface area contributed by atoms with Gasteiger partial charge in [0.2, 0.25) is 0 Å². The quantitative estimate of drug-likeness (QED) is 0.521. The molecule has 7 heavy (non-hydrogen) atoms. The van der Waals surface area contributed by atoms with Gasteiger partial charge >= 0.3 is 0 Å². The molecule has 1 atom stereocenters. The summed E-state index contributed by atoms with van der Waals surface area (Å²) in [4.78, 5) is 0.765. The van der Waals surface area contributed by atoms with Crippen molar-refractivity contribution >= 4 is 15.9 Å². The van der Waals surface area contributed by atoms with Crippen molar-refractivity contribution in [2.75, 3.05) is 0 Å². The van der Waals surface area contributed by atoms with Crippen LogP contribution in [-0.4, -0.2) is 4.83 Å². The Hall–Kier alpha value is 0.480. The fraction of sp³-hybridized carbons (Fsp3) is 1.00. The van der Waals surface area contributed by atoms with E-state index >= 15 is 0 Å². The first-order chi connectivity index (χ1) is 3.30. The van der Waals surface area contributed by atoms with Gasteiger partial charge in [0.05, 0.1) is 0 Å². The number of hydrogen-bond donors (Lipinski definition) is 0. The summed E-state index contributed by atoms with van der Waals surface area (Å²) in [5.74, 6) is 1.000. The zero-order valence-corrected chi connectivity index (χ0v) is 6.24. The van der Waals surface area contributed by atoms with E-state index in [2.05, 4.69) is 22.9 Å². The van der Waals surface area contributed by atoms with E-state index < -0.39 is 0 Å². The smallest absolute Gasteiger partial charge is 0.0145 e. The maximum absolute atomic E-state index is 3.55. The molecular weight excluding hydrogens is 152 g/mol. The fourth-order valence-electron chi connectivity index (χ4n) is 0.899. The molecule has 0 spiro atoms. The van der Waals surface area contributed by atoms with Crippen molar-refractivity contribution in [3.63, 3.8) is 0 Å². The molecule has 0 radical (unpaired) electrons. The van der Waals surface area contributed by atoms with Gasteiger partial charge in [-0.1, -0.05) is 29.3 Å². The molecule has 0 N–H and O–H groups in total. The molecule has 0 aromatic rings. The zero-order valence-electron chi connectivity index (χ0n) is 4.65. The van der Waals surface area contributed by atoms with Crippen LogP contribution in [0, 0.1) is 5.92 Å². The van der Waals surface area contributed by atoms with Crippen molar-refractivity contribution in [2.24, 2.45) is 5.92 Å². The average molecular weight is 163 g/mol. The Balaban J connectivity index is 2.14. The lowest BCUT2D eigenvalue weighted by Gasteiger charge is -2.27. The number of rotatable bonds is 1. The topological polar surface area (TPSA) is 0 Å². The van der Waals surface area contributed by atoms with Crippen molar-refractivity contribution in [3.8, 4) is 0 Å². The first-order valence-electron chi connectivity index (χ1n) is 2.95. The van der Waals surface area contributed by atoms with Gasteiger partial charge in [0.15, 0.2) is 0 Å². The molecule has 1 fully saturated rings. The largest absolute Gasteiger partial charge is 0.0891 e. The van der Waals surface area contributed by atoms with Crippen LogP contribution >= 0.6 is 15.9 Å². The Morgan fingerprint density at radius 2 is 2.14 bits per heavy atom. The molecule has 0 amide bonds. The van der Waals surface area contributed by atoms with Crippen LogP contribution in [0.1, 0.15) is 26.2 Å². The molecule has 0 aromatic heterocycles.